The number of aromatic amines is 1. The van der Waals surface area contributed by atoms with Crippen LogP contribution in [0.25, 0.3) is 0 Å². The molecule has 2 heterocycles. The summed E-state index contributed by atoms with van der Waals surface area (Å²) in [6, 6.07) is 0. The Bertz CT molecular complexity index is 548. The zero-order valence-corrected chi connectivity index (χ0v) is 10.8. The van der Waals surface area contributed by atoms with E-state index in [9.17, 15) is 14.7 Å². The summed E-state index contributed by atoms with van der Waals surface area (Å²) < 4.78 is 0. The van der Waals surface area contributed by atoms with Gasteiger partial charge < -0.3 is 10.0 Å². The Hall–Kier alpha value is -1.69. The third-order valence-corrected chi connectivity index (χ3v) is 3.42. The molecule has 1 aliphatic rings. The predicted molar refractivity (Wildman–Crippen MR) is 65.5 cm³/mol. The summed E-state index contributed by atoms with van der Waals surface area (Å²) in [5, 5.41) is 16.0. The summed E-state index contributed by atoms with van der Waals surface area (Å²) >= 11 is 0. The number of nitrogens with one attached hydrogen (secondary N) is 1. The molecule has 0 spiro atoms. The average molecular weight is 251 g/mol. The zero-order chi connectivity index (χ0) is 13.5. The standard InChI is InChI=1S/C12H17N3O3/c1-7-8(2)13-14-10(16)9(7)11(17)15-5-4-12(3,18)6-15/h18H,4-6H2,1-3H3,(H,14,16). The lowest BCUT2D eigenvalue weighted by molar-refractivity contribution is 0.0570. The number of H-pyrrole nitrogens is 1. The molecule has 0 aliphatic carbocycles. The number of hydrogen-bond donors (Lipinski definition) is 2. The molecule has 0 bridgehead atoms. The van der Waals surface area contributed by atoms with Crippen molar-refractivity contribution in [3.8, 4) is 0 Å². The number of amides is 1. The summed E-state index contributed by atoms with van der Waals surface area (Å²) in [6.45, 7) is 5.86. The summed E-state index contributed by atoms with van der Waals surface area (Å²) in [7, 11) is 0. The molecule has 6 nitrogen and oxygen atoms in total. The first-order valence-electron chi connectivity index (χ1n) is 5.89. The molecule has 0 aromatic carbocycles. The van der Waals surface area contributed by atoms with Gasteiger partial charge in [0.2, 0.25) is 0 Å². The molecule has 1 amide bonds. The maximum Gasteiger partial charge on any atom is 0.277 e. The molecule has 2 N–H and O–H groups in total. The van der Waals surface area contributed by atoms with Crippen LogP contribution in [0.1, 0.15) is 35.0 Å². The van der Waals surface area contributed by atoms with Crippen molar-refractivity contribution in [3.63, 3.8) is 0 Å². The number of rotatable bonds is 1. The summed E-state index contributed by atoms with van der Waals surface area (Å²) in [5.41, 5.74) is 0.00679. The van der Waals surface area contributed by atoms with E-state index in [1.54, 1.807) is 20.8 Å². The predicted octanol–water partition coefficient (Wildman–Crippen LogP) is -0.0164. The van der Waals surface area contributed by atoms with Gasteiger partial charge in [0.15, 0.2) is 0 Å². The van der Waals surface area contributed by atoms with Crippen molar-refractivity contribution in [2.24, 2.45) is 0 Å². The van der Waals surface area contributed by atoms with Crippen molar-refractivity contribution in [2.75, 3.05) is 13.1 Å². The topological polar surface area (TPSA) is 86.3 Å². The minimum atomic E-state index is -0.863. The van der Waals surface area contributed by atoms with Gasteiger partial charge in [-0.1, -0.05) is 0 Å². The molecule has 1 aromatic heterocycles. The number of carbonyl (C=O) groups excluding carboxylic acids is 1. The van der Waals surface area contributed by atoms with Crippen molar-refractivity contribution in [3.05, 3.63) is 27.2 Å². The van der Waals surface area contributed by atoms with E-state index >= 15 is 0 Å². The largest absolute Gasteiger partial charge is 0.388 e. The second kappa shape index (κ2) is 4.20. The van der Waals surface area contributed by atoms with E-state index in [4.69, 9.17) is 0 Å². The molecule has 6 heteroatoms. The van der Waals surface area contributed by atoms with Gasteiger partial charge in [0, 0.05) is 13.1 Å². The smallest absolute Gasteiger partial charge is 0.277 e. The van der Waals surface area contributed by atoms with Crippen LogP contribution in [-0.2, 0) is 0 Å². The Kier molecular flexibility index (Phi) is 2.98. The van der Waals surface area contributed by atoms with Gasteiger partial charge in [-0.2, -0.15) is 5.10 Å². The first kappa shape index (κ1) is 12.8. The summed E-state index contributed by atoms with van der Waals surface area (Å²) in [5.74, 6) is -0.336. The number of likely N-dealkylation sites (tertiary alicyclic amines) is 1. The fourth-order valence-corrected chi connectivity index (χ4v) is 2.16. The van der Waals surface area contributed by atoms with E-state index in [2.05, 4.69) is 10.2 Å². The second-order valence-corrected chi connectivity index (χ2v) is 5.11. The van der Waals surface area contributed by atoms with Gasteiger partial charge in [-0.25, -0.2) is 5.10 Å². The van der Waals surface area contributed by atoms with E-state index in [0.717, 1.165) is 0 Å². The van der Waals surface area contributed by atoms with Crippen LogP contribution in [-0.4, -0.2) is 44.8 Å². The first-order valence-corrected chi connectivity index (χ1v) is 5.89. The molecule has 1 atom stereocenters. The molecule has 0 radical (unpaired) electrons. The van der Waals surface area contributed by atoms with Gasteiger partial charge in [-0.05, 0) is 32.8 Å². The number of carbonyl (C=O) groups is 1. The Labute approximate surface area is 105 Å². The van der Waals surface area contributed by atoms with Crippen LogP contribution in [0.5, 0.6) is 0 Å². The average Bonchev–Trinajstić information content (AvgIpc) is 2.65. The lowest BCUT2D eigenvalue weighted by Gasteiger charge is -2.19. The van der Waals surface area contributed by atoms with Crippen LogP contribution in [0.4, 0.5) is 0 Å². The van der Waals surface area contributed by atoms with Gasteiger partial charge in [0.1, 0.15) is 5.56 Å². The molecule has 1 fully saturated rings. The zero-order valence-electron chi connectivity index (χ0n) is 10.8. The number of hydrogen-bond acceptors (Lipinski definition) is 4. The van der Waals surface area contributed by atoms with Crippen LogP contribution in [0.3, 0.4) is 0 Å². The van der Waals surface area contributed by atoms with Crippen LogP contribution >= 0.6 is 0 Å². The quantitative estimate of drug-likeness (QED) is 0.734. The SMILES string of the molecule is Cc1n[nH]c(=O)c(C(=O)N2CCC(C)(O)C2)c1C. The van der Waals surface area contributed by atoms with E-state index in [1.165, 1.54) is 4.90 Å². The van der Waals surface area contributed by atoms with Crippen molar-refractivity contribution in [1.29, 1.82) is 0 Å². The third kappa shape index (κ3) is 2.15. The minimum Gasteiger partial charge on any atom is -0.388 e. The minimum absolute atomic E-state index is 0.125. The van der Waals surface area contributed by atoms with E-state index in [-0.39, 0.29) is 18.0 Å². The highest BCUT2D eigenvalue weighted by Gasteiger charge is 2.35. The lowest BCUT2D eigenvalue weighted by atomic mass is 10.1. The highest BCUT2D eigenvalue weighted by atomic mass is 16.3. The van der Waals surface area contributed by atoms with Crippen LogP contribution in [0.2, 0.25) is 0 Å². The van der Waals surface area contributed by atoms with Crippen molar-refractivity contribution >= 4 is 5.91 Å². The number of aromatic nitrogens is 2. The van der Waals surface area contributed by atoms with Gasteiger partial charge in [-0.3, -0.25) is 9.59 Å². The monoisotopic (exact) mass is 251 g/mol. The fourth-order valence-electron chi connectivity index (χ4n) is 2.16. The second-order valence-electron chi connectivity index (χ2n) is 5.11. The third-order valence-electron chi connectivity index (χ3n) is 3.42. The number of β-amino-alcohol motifs (C(OH)–C–C–N with tert-alkyl or cyclic N) is 1. The number of aliphatic hydroxyl groups is 1. The normalized spacial score (nSPS) is 23.4. The van der Waals surface area contributed by atoms with Gasteiger partial charge in [0.25, 0.3) is 11.5 Å². The molecule has 1 aromatic rings. The van der Waals surface area contributed by atoms with Gasteiger partial charge in [0.05, 0.1) is 11.3 Å². The maximum atomic E-state index is 12.3. The van der Waals surface area contributed by atoms with Crippen molar-refractivity contribution in [1.82, 2.24) is 15.1 Å². The molecule has 1 unspecified atom stereocenters. The Balaban J connectivity index is 2.36. The van der Waals surface area contributed by atoms with Crippen LogP contribution < -0.4 is 5.56 Å². The molecule has 1 aliphatic heterocycles. The summed E-state index contributed by atoms with van der Waals surface area (Å²) in [4.78, 5) is 25.5. The Morgan fingerprint density at radius 1 is 1.50 bits per heavy atom. The van der Waals surface area contributed by atoms with Crippen LogP contribution in [0.15, 0.2) is 4.79 Å². The van der Waals surface area contributed by atoms with E-state index < -0.39 is 11.2 Å². The maximum absolute atomic E-state index is 12.3. The Morgan fingerprint density at radius 3 is 2.72 bits per heavy atom. The number of aryl methyl sites for hydroxylation is 1. The molecule has 1 saturated heterocycles. The first-order chi connectivity index (χ1) is 8.32. The van der Waals surface area contributed by atoms with E-state index in [1.807, 2.05) is 0 Å². The van der Waals surface area contributed by atoms with Gasteiger partial charge >= 0.3 is 0 Å². The van der Waals surface area contributed by atoms with E-state index in [0.29, 0.717) is 24.2 Å². The fraction of sp³-hybridized carbons (Fsp3) is 0.583. The molecular weight excluding hydrogens is 234 g/mol. The lowest BCUT2D eigenvalue weighted by Crippen LogP contribution is -2.37. The molecule has 2 rings (SSSR count). The molecule has 0 saturated carbocycles. The number of nitrogens with zero attached hydrogens (tertiary/aromatic N) is 2. The Morgan fingerprint density at radius 2 is 2.17 bits per heavy atom. The molecule has 18 heavy (non-hydrogen) atoms. The van der Waals surface area contributed by atoms with Gasteiger partial charge in [-0.15, -0.1) is 0 Å². The van der Waals surface area contributed by atoms with Crippen LogP contribution in [0, 0.1) is 13.8 Å². The van der Waals surface area contributed by atoms with Crippen molar-refractivity contribution in [2.45, 2.75) is 32.8 Å². The summed E-state index contributed by atoms with van der Waals surface area (Å²) in [6.07, 6.45) is 0.528. The highest BCUT2D eigenvalue weighted by molar-refractivity contribution is 5.95. The highest BCUT2D eigenvalue weighted by Crippen LogP contribution is 2.22. The molecule has 98 valence electrons. The van der Waals surface area contributed by atoms with Crippen molar-refractivity contribution < 1.29 is 9.90 Å². The molecular formula is C12H17N3O3.